The predicted octanol–water partition coefficient (Wildman–Crippen LogP) is 0.722. The van der Waals surface area contributed by atoms with Crippen LogP contribution in [0.4, 0.5) is 0 Å². The molecule has 3 N–H and O–H groups in total. The van der Waals surface area contributed by atoms with Crippen molar-refractivity contribution in [1.29, 1.82) is 0 Å². The topological polar surface area (TPSA) is 116 Å². The van der Waals surface area contributed by atoms with Gasteiger partial charge in [-0.05, 0) is 38.0 Å². The Bertz CT molecular complexity index is 544. The number of rotatable bonds is 9. The van der Waals surface area contributed by atoms with Gasteiger partial charge in [0.05, 0.1) is 18.1 Å². The van der Waals surface area contributed by atoms with E-state index in [1.807, 2.05) is 13.8 Å². The van der Waals surface area contributed by atoms with Gasteiger partial charge >= 0.3 is 0 Å². The van der Waals surface area contributed by atoms with E-state index in [0.29, 0.717) is 19.5 Å². The van der Waals surface area contributed by atoms with Gasteiger partial charge in [0.2, 0.25) is 21.8 Å². The molecular weight excluding hydrogens is 346 g/mol. The van der Waals surface area contributed by atoms with Gasteiger partial charge in [-0.15, -0.1) is 0 Å². The lowest BCUT2D eigenvalue weighted by Crippen LogP contribution is -2.46. The van der Waals surface area contributed by atoms with E-state index in [-0.39, 0.29) is 24.8 Å². The summed E-state index contributed by atoms with van der Waals surface area (Å²) >= 11 is 0. The molecule has 25 heavy (non-hydrogen) atoms. The molecule has 1 heterocycles. The highest BCUT2D eigenvalue weighted by molar-refractivity contribution is 7.88. The van der Waals surface area contributed by atoms with Gasteiger partial charge in [-0.1, -0.05) is 13.8 Å². The summed E-state index contributed by atoms with van der Waals surface area (Å²) in [7, 11) is -3.38. The van der Waals surface area contributed by atoms with E-state index in [1.165, 1.54) is 0 Å². The summed E-state index contributed by atoms with van der Waals surface area (Å²) < 4.78 is 24.8. The smallest absolute Gasteiger partial charge is 0.247 e. The maximum Gasteiger partial charge on any atom is 0.247 e. The molecule has 0 aliphatic carbocycles. The molecule has 0 unspecified atom stereocenters. The van der Waals surface area contributed by atoms with E-state index in [1.54, 1.807) is 10.4 Å². The lowest BCUT2D eigenvalue weighted by atomic mass is 9.81. The number of hydrogen-bond donors (Lipinski definition) is 3. The van der Waals surface area contributed by atoms with Gasteiger partial charge in [0.1, 0.15) is 0 Å². The minimum atomic E-state index is -3.38. The molecule has 1 aliphatic rings. The van der Waals surface area contributed by atoms with Crippen LogP contribution in [0.15, 0.2) is 0 Å². The predicted molar refractivity (Wildman–Crippen MR) is 94.3 cm³/mol. The first-order valence-electron chi connectivity index (χ1n) is 8.83. The van der Waals surface area contributed by atoms with Crippen LogP contribution in [0.3, 0.4) is 0 Å². The molecule has 0 aromatic rings. The number of likely N-dealkylation sites (tertiary alicyclic amines) is 1. The number of hydrogen-bond acceptors (Lipinski definition) is 5. The van der Waals surface area contributed by atoms with Crippen molar-refractivity contribution < 1.29 is 23.2 Å². The zero-order valence-corrected chi connectivity index (χ0v) is 16.1. The van der Waals surface area contributed by atoms with Gasteiger partial charge in [0.15, 0.2) is 0 Å². The molecule has 0 saturated carbocycles. The first kappa shape index (κ1) is 21.9. The van der Waals surface area contributed by atoms with Crippen LogP contribution in [0.25, 0.3) is 0 Å². The van der Waals surface area contributed by atoms with Crippen molar-refractivity contribution in [2.24, 2.45) is 17.8 Å². The van der Waals surface area contributed by atoms with Crippen molar-refractivity contribution in [3.8, 4) is 0 Å². The zero-order valence-electron chi connectivity index (χ0n) is 15.3. The van der Waals surface area contributed by atoms with E-state index in [2.05, 4.69) is 4.72 Å². The fourth-order valence-corrected chi connectivity index (χ4v) is 3.78. The van der Waals surface area contributed by atoms with E-state index in [0.717, 1.165) is 25.5 Å². The minimum absolute atomic E-state index is 0.0405. The molecule has 0 radical (unpaired) electrons. The summed E-state index contributed by atoms with van der Waals surface area (Å²) in [5.74, 6) is -1.90. The summed E-state index contributed by atoms with van der Waals surface area (Å²) in [6, 6.07) is 0. The lowest BCUT2D eigenvalue weighted by Gasteiger charge is -2.34. The Morgan fingerprint density at radius 2 is 1.72 bits per heavy atom. The molecule has 1 saturated heterocycles. The number of piperidine rings is 1. The normalized spacial score (nSPS) is 18.0. The SMILES string of the molecule is CC(C)C[C@@H](C(=O)N1CCCCC1)[C@H](CCNS(C)(=O)=O)C(=O)NO. The van der Waals surface area contributed by atoms with Gasteiger partial charge in [0, 0.05) is 19.6 Å². The van der Waals surface area contributed by atoms with E-state index >= 15 is 0 Å². The molecule has 146 valence electrons. The number of nitrogens with one attached hydrogen (secondary N) is 2. The summed E-state index contributed by atoms with van der Waals surface area (Å²) in [4.78, 5) is 26.9. The van der Waals surface area contributed by atoms with Crippen LogP contribution in [0, 0.1) is 17.8 Å². The van der Waals surface area contributed by atoms with Crippen LogP contribution in [-0.4, -0.2) is 56.2 Å². The second-order valence-electron chi connectivity index (χ2n) is 7.16. The monoisotopic (exact) mass is 377 g/mol. The Morgan fingerprint density at radius 3 is 2.20 bits per heavy atom. The van der Waals surface area contributed by atoms with Gasteiger partial charge in [-0.2, -0.15) is 0 Å². The number of nitrogens with zero attached hydrogens (tertiary/aromatic N) is 1. The molecule has 0 aromatic carbocycles. The largest absolute Gasteiger partial charge is 0.342 e. The highest BCUT2D eigenvalue weighted by Gasteiger charge is 2.36. The van der Waals surface area contributed by atoms with Crippen LogP contribution < -0.4 is 10.2 Å². The molecule has 0 spiro atoms. The summed E-state index contributed by atoms with van der Waals surface area (Å²) in [6.07, 6.45) is 4.69. The number of amides is 2. The van der Waals surface area contributed by atoms with Crippen LogP contribution in [-0.2, 0) is 19.6 Å². The lowest BCUT2D eigenvalue weighted by molar-refractivity contribution is -0.146. The number of carbonyl (C=O) groups excluding carboxylic acids is 2. The standard InChI is InChI=1S/C16H31N3O5S/c1-12(2)11-14(16(21)19-9-5-4-6-10-19)13(15(20)18-22)7-8-17-25(3,23)24/h12-14,17,22H,4-11H2,1-3H3,(H,18,20)/t13-,14+/m0/s1. The molecule has 0 aromatic heterocycles. The first-order chi connectivity index (χ1) is 11.7. The zero-order chi connectivity index (χ0) is 19.0. The molecule has 9 heteroatoms. The average molecular weight is 378 g/mol. The Morgan fingerprint density at radius 1 is 1.12 bits per heavy atom. The van der Waals surface area contributed by atoms with Crippen molar-refractivity contribution in [3.63, 3.8) is 0 Å². The number of hydroxylamine groups is 1. The molecule has 2 amide bonds. The van der Waals surface area contributed by atoms with Crippen LogP contribution in [0.5, 0.6) is 0 Å². The van der Waals surface area contributed by atoms with Crippen molar-refractivity contribution in [1.82, 2.24) is 15.1 Å². The van der Waals surface area contributed by atoms with Crippen molar-refractivity contribution >= 4 is 21.8 Å². The minimum Gasteiger partial charge on any atom is -0.342 e. The third-order valence-corrected chi connectivity index (χ3v) is 5.19. The number of carbonyl (C=O) groups is 2. The molecule has 8 nitrogen and oxygen atoms in total. The second kappa shape index (κ2) is 10.1. The molecule has 1 rings (SSSR count). The van der Waals surface area contributed by atoms with Gasteiger partial charge < -0.3 is 4.90 Å². The van der Waals surface area contributed by atoms with Crippen LogP contribution in [0.1, 0.15) is 46.0 Å². The maximum absolute atomic E-state index is 13.0. The Labute approximate surface area is 150 Å². The van der Waals surface area contributed by atoms with Gasteiger partial charge in [-0.3, -0.25) is 14.8 Å². The summed E-state index contributed by atoms with van der Waals surface area (Å²) in [5, 5.41) is 9.08. The fourth-order valence-electron chi connectivity index (χ4n) is 3.29. The van der Waals surface area contributed by atoms with E-state index in [9.17, 15) is 18.0 Å². The fraction of sp³-hybridized carbons (Fsp3) is 0.875. The van der Waals surface area contributed by atoms with Gasteiger partial charge in [0.25, 0.3) is 0 Å². The maximum atomic E-state index is 13.0. The molecule has 1 aliphatic heterocycles. The van der Waals surface area contributed by atoms with Crippen LogP contribution >= 0.6 is 0 Å². The Hall–Kier alpha value is -1.19. The van der Waals surface area contributed by atoms with Crippen molar-refractivity contribution in [3.05, 3.63) is 0 Å². The van der Waals surface area contributed by atoms with E-state index < -0.39 is 27.8 Å². The van der Waals surface area contributed by atoms with Crippen molar-refractivity contribution in [2.75, 3.05) is 25.9 Å². The average Bonchev–Trinajstić information content (AvgIpc) is 2.55. The Kier molecular flexibility index (Phi) is 8.81. The third kappa shape index (κ3) is 7.70. The highest BCUT2D eigenvalue weighted by atomic mass is 32.2. The third-order valence-electron chi connectivity index (χ3n) is 4.46. The first-order valence-corrected chi connectivity index (χ1v) is 10.7. The molecule has 1 fully saturated rings. The van der Waals surface area contributed by atoms with Crippen LogP contribution in [0.2, 0.25) is 0 Å². The van der Waals surface area contributed by atoms with E-state index in [4.69, 9.17) is 5.21 Å². The number of sulfonamides is 1. The molecular formula is C16H31N3O5S. The molecule has 2 atom stereocenters. The second-order valence-corrected chi connectivity index (χ2v) is 8.99. The molecule has 0 bridgehead atoms. The Balaban J connectivity index is 2.93. The quantitative estimate of drug-likeness (QED) is 0.404. The van der Waals surface area contributed by atoms with Crippen molar-refractivity contribution in [2.45, 2.75) is 46.0 Å². The highest BCUT2D eigenvalue weighted by Crippen LogP contribution is 2.27. The summed E-state index contributed by atoms with van der Waals surface area (Å²) in [6.45, 7) is 5.35. The van der Waals surface area contributed by atoms with Gasteiger partial charge in [-0.25, -0.2) is 18.6 Å². The summed E-state index contributed by atoms with van der Waals surface area (Å²) in [5.41, 5.74) is 1.64.